The Labute approximate surface area is 125 Å². The number of nitrogens with two attached hydrogens (primary N) is 1. The van der Waals surface area contributed by atoms with Crippen molar-refractivity contribution in [1.29, 1.82) is 0 Å². The summed E-state index contributed by atoms with van der Waals surface area (Å²) in [5.74, 6) is -0.300. The van der Waals surface area contributed by atoms with Crippen LogP contribution in [-0.2, 0) is 0 Å². The van der Waals surface area contributed by atoms with Gasteiger partial charge in [-0.1, -0.05) is 6.92 Å². The largest absolute Gasteiger partial charge is 0.398 e. The summed E-state index contributed by atoms with van der Waals surface area (Å²) < 4.78 is 14.5. The van der Waals surface area contributed by atoms with E-state index < -0.39 is 0 Å². The summed E-state index contributed by atoms with van der Waals surface area (Å²) >= 11 is 0. The number of benzene rings is 1. The Bertz CT molecular complexity index is 612. The van der Waals surface area contributed by atoms with Crippen LogP contribution in [0, 0.1) is 5.82 Å². The summed E-state index contributed by atoms with van der Waals surface area (Å²) in [5, 5.41) is 0.805. The maximum absolute atomic E-state index is 14.5. The molecule has 0 saturated carbocycles. The molecule has 0 fully saturated rings. The van der Waals surface area contributed by atoms with Gasteiger partial charge in [-0.25, -0.2) is 4.39 Å². The number of nitrogens with zero attached hydrogens (tertiary/aromatic N) is 3. The molecule has 0 atom stereocenters. The van der Waals surface area contributed by atoms with Crippen LogP contribution < -0.4 is 10.6 Å². The van der Waals surface area contributed by atoms with E-state index in [0.29, 0.717) is 16.9 Å². The SMILES string of the molecule is CCCN(CCN(C)C)c1c(F)cc(N)c2cccnc12. The molecule has 0 aliphatic carbocycles. The number of anilines is 2. The van der Waals surface area contributed by atoms with Gasteiger partial charge in [0.15, 0.2) is 5.82 Å². The fraction of sp³-hybridized carbons (Fsp3) is 0.438. The molecule has 0 unspecified atom stereocenters. The van der Waals surface area contributed by atoms with Crippen molar-refractivity contribution in [2.45, 2.75) is 13.3 Å². The van der Waals surface area contributed by atoms with Crippen molar-refractivity contribution < 1.29 is 4.39 Å². The first-order chi connectivity index (χ1) is 10.0. The lowest BCUT2D eigenvalue weighted by Gasteiger charge is -2.27. The predicted octanol–water partition coefficient (Wildman–Crippen LogP) is 2.73. The minimum absolute atomic E-state index is 0.300. The third-order valence-corrected chi connectivity index (χ3v) is 3.48. The van der Waals surface area contributed by atoms with Crippen LogP contribution in [0.25, 0.3) is 10.9 Å². The molecule has 0 amide bonds. The molecule has 2 N–H and O–H groups in total. The van der Waals surface area contributed by atoms with Crippen LogP contribution in [0.1, 0.15) is 13.3 Å². The van der Waals surface area contributed by atoms with Gasteiger partial charge in [-0.2, -0.15) is 0 Å². The average Bonchev–Trinajstić information content (AvgIpc) is 2.44. The number of likely N-dealkylation sites (N-methyl/N-ethyl adjacent to an activating group) is 1. The molecular formula is C16H23FN4. The lowest BCUT2D eigenvalue weighted by Crippen LogP contribution is -2.33. The molecule has 4 nitrogen and oxygen atoms in total. The normalized spacial score (nSPS) is 11.3. The van der Waals surface area contributed by atoms with Gasteiger partial charge in [0, 0.05) is 36.9 Å². The summed E-state index contributed by atoms with van der Waals surface area (Å²) in [6.45, 7) is 4.50. The van der Waals surface area contributed by atoms with Crippen LogP contribution in [0.5, 0.6) is 0 Å². The number of fused-ring (bicyclic) bond motifs is 1. The van der Waals surface area contributed by atoms with Crippen molar-refractivity contribution in [1.82, 2.24) is 9.88 Å². The molecule has 0 aliphatic rings. The Hall–Kier alpha value is -1.88. The number of rotatable bonds is 6. The third-order valence-electron chi connectivity index (χ3n) is 3.48. The monoisotopic (exact) mass is 290 g/mol. The summed E-state index contributed by atoms with van der Waals surface area (Å²) in [7, 11) is 4.03. The van der Waals surface area contributed by atoms with Gasteiger partial charge in [-0.05, 0) is 38.7 Å². The van der Waals surface area contributed by atoms with Crippen LogP contribution in [-0.4, -0.2) is 43.6 Å². The number of pyridine rings is 1. The van der Waals surface area contributed by atoms with E-state index in [-0.39, 0.29) is 5.82 Å². The fourth-order valence-electron chi connectivity index (χ4n) is 2.45. The van der Waals surface area contributed by atoms with Crippen molar-refractivity contribution in [3.63, 3.8) is 0 Å². The molecule has 114 valence electrons. The second-order valence-corrected chi connectivity index (χ2v) is 5.49. The second-order valence-electron chi connectivity index (χ2n) is 5.49. The van der Waals surface area contributed by atoms with Crippen molar-refractivity contribution in [3.05, 3.63) is 30.2 Å². The second kappa shape index (κ2) is 6.72. The number of halogens is 1. The maximum atomic E-state index is 14.5. The average molecular weight is 290 g/mol. The van der Waals surface area contributed by atoms with Crippen LogP contribution >= 0.6 is 0 Å². The van der Waals surface area contributed by atoms with Gasteiger partial charge in [-0.3, -0.25) is 4.98 Å². The quantitative estimate of drug-likeness (QED) is 0.831. The molecule has 1 heterocycles. The Balaban J connectivity index is 2.50. The van der Waals surface area contributed by atoms with Gasteiger partial charge in [-0.15, -0.1) is 0 Å². The van der Waals surface area contributed by atoms with Gasteiger partial charge in [0.05, 0.1) is 11.2 Å². The van der Waals surface area contributed by atoms with Gasteiger partial charge in [0.2, 0.25) is 0 Å². The van der Waals surface area contributed by atoms with E-state index in [2.05, 4.69) is 21.7 Å². The van der Waals surface area contributed by atoms with E-state index in [1.165, 1.54) is 6.07 Å². The van der Waals surface area contributed by atoms with Crippen LogP contribution in [0.15, 0.2) is 24.4 Å². The van der Waals surface area contributed by atoms with Crippen LogP contribution in [0.2, 0.25) is 0 Å². The number of nitrogen functional groups attached to an aromatic ring is 1. The van der Waals surface area contributed by atoms with Gasteiger partial charge in [0.1, 0.15) is 0 Å². The lowest BCUT2D eigenvalue weighted by molar-refractivity contribution is 0.412. The van der Waals surface area contributed by atoms with E-state index in [1.807, 2.05) is 26.2 Å². The molecule has 1 aromatic carbocycles. The molecule has 0 radical (unpaired) electrons. The van der Waals surface area contributed by atoms with Crippen molar-refractivity contribution in [3.8, 4) is 0 Å². The molecule has 0 saturated heterocycles. The zero-order valence-corrected chi connectivity index (χ0v) is 12.9. The first-order valence-corrected chi connectivity index (χ1v) is 7.27. The first kappa shape index (κ1) is 15.5. The lowest BCUT2D eigenvalue weighted by atomic mass is 10.1. The van der Waals surface area contributed by atoms with E-state index in [1.54, 1.807) is 6.20 Å². The molecule has 0 bridgehead atoms. The third kappa shape index (κ3) is 3.42. The standard InChI is InChI=1S/C16H23FN4/c1-4-8-21(10-9-20(2)3)16-13(17)11-14(18)12-6-5-7-19-15(12)16/h5-7,11H,4,8-10,18H2,1-3H3. The van der Waals surface area contributed by atoms with Crippen LogP contribution in [0.4, 0.5) is 15.8 Å². The van der Waals surface area contributed by atoms with Gasteiger partial charge in [0.25, 0.3) is 0 Å². The highest BCUT2D eigenvalue weighted by atomic mass is 19.1. The Morgan fingerprint density at radius 3 is 2.67 bits per heavy atom. The van der Waals surface area contributed by atoms with E-state index in [0.717, 1.165) is 31.4 Å². The Morgan fingerprint density at radius 2 is 2.00 bits per heavy atom. The minimum Gasteiger partial charge on any atom is -0.398 e. The van der Waals surface area contributed by atoms with Crippen LogP contribution in [0.3, 0.4) is 0 Å². The minimum atomic E-state index is -0.300. The highest BCUT2D eigenvalue weighted by molar-refractivity contribution is 5.98. The van der Waals surface area contributed by atoms with Gasteiger partial charge < -0.3 is 15.5 Å². The first-order valence-electron chi connectivity index (χ1n) is 7.27. The summed E-state index contributed by atoms with van der Waals surface area (Å²) in [6, 6.07) is 5.11. The summed E-state index contributed by atoms with van der Waals surface area (Å²) in [5.41, 5.74) is 7.55. The smallest absolute Gasteiger partial charge is 0.150 e. The van der Waals surface area contributed by atoms with E-state index >= 15 is 0 Å². The number of hydrogen-bond donors (Lipinski definition) is 1. The van der Waals surface area contributed by atoms with Gasteiger partial charge >= 0.3 is 0 Å². The van der Waals surface area contributed by atoms with Crippen molar-refractivity contribution in [2.75, 3.05) is 44.4 Å². The summed E-state index contributed by atoms with van der Waals surface area (Å²) in [6.07, 6.45) is 2.63. The predicted molar refractivity (Wildman–Crippen MR) is 87.2 cm³/mol. The molecule has 0 aliphatic heterocycles. The van der Waals surface area contributed by atoms with Crippen molar-refractivity contribution in [2.24, 2.45) is 0 Å². The Kier molecular flexibility index (Phi) is 4.96. The number of aromatic nitrogens is 1. The highest BCUT2D eigenvalue weighted by Crippen LogP contribution is 2.32. The zero-order valence-electron chi connectivity index (χ0n) is 12.9. The van der Waals surface area contributed by atoms with E-state index in [4.69, 9.17) is 5.73 Å². The summed E-state index contributed by atoms with van der Waals surface area (Å²) in [4.78, 5) is 8.51. The molecule has 1 aromatic heterocycles. The fourth-order valence-corrected chi connectivity index (χ4v) is 2.45. The molecule has 0 spiro atoms. The topological polar surface area (TPSA) is 45.4 Å². The highest BCUT2D eigenvalue weighted by Gasteiger charge is 2.17. The molecule has 21 heavy (non-hydrogen) atoms. The maximum Gasteiger partial charge on any atom is 0.150 e. The van der Waals surface area contributed by atoms with E-state index in [9.17, 15) is 4.39 Å². The molecule has 5 heteroatoms. The molecule has 2 aromatic rings. The zero-order chi connectivity index (χ0) is 15.4. The molecular weight excluding hydrogens is 267 g/mol. The Morgan fingerprint density at radius 1 is 1.24 bits per heavy atom. The number of hydrogen-bond acceptors (Lipinski definition) is 4. The molecule has 2 rings (SSSR count). The van der Waals surface area contributed by atoms with Crippen molar-refractivity contribution >= 4 is 22.3 Å².